The normalized spacial score (nSPS) is 34.1. The smallest absolute Gasteiger partial charge is 0.244 e. The maximum Gasteiger partial charge on any atom is 0.244 e. The van der Waals surface area contributed by atoms with Gasteiger partial charge in [0.15, 0.2) is 0 Å². The van der Waals surface area contributed by atoms with E-state index in [1.54, 1.807) is 11.3 Å². The summed E-state index contributed by atoms with van der Waals surface area (Å²) in [6.07, 6.45) is 5.66. The highest BCUT2D eigenvalue weighted by molar-refractivity contribution is 7.10. The average molecular weight is 290 g/mol. The summed E-state index contributed by atoms with van der Waals surface area (Å²) in [6, 6.07) is 4.65. The van der Waals surface area contributed by atoms with Crippen molar-refractivity contribution in [1.29, 1.82) is 0 Å². The zero-order valence-corrected chi connectivity index (χ0v) is 13.0. The SMILES string of the molecule is CC1(C)CCC(N2C(=O)C3(CC3)NC2c2cccs2)C1. The van der Waals surface area contributed by atoms with Gasteiger partial charge in [-0.15, -0.1) is 11.3 Å². The van der Waals surface area contributed by atoms with Crippen molar-refractivity contribution in [2.45, 2.75) is 63.7 Å². The van der Waals surface area contributed by atoms with E-state index in [9.17, 15) is 4.79 Å². The first-order valence-electron chi connectivity index (χ1n) is 7.65. The molecule has 108 valence electrons. The molecule has 1 saturated heterocycles. The second-order valence-corrected chi connectivity index (χ2v) is 8.40. The van der Waals surface area contributed by atoms with Crippen molar-refractivity contribution in [2.24, 2.45) is 5.41 Å². The van der Waals surface area contributed by atoms with E-state index in [2.05, 4.69) is 41.6 Å². The number of hydrogen-bond donors (Lipinski definition) is 1. The van der Waals surface area contributed by atoms with E-state index in [1.807, 2.05) is 0 Å². The van der Waals surface area contributed by atoms with Gasteiger partial charge in [0.05, 0.1) is 0 Å². The van der Waals surface area contributed by atoms with Crippen LogP contribution in [0, 0.1) is 5.41 Å². The molecule has 1 spiro atoms. The third-order valence-electron chi connectivity index (χ3n) is 5.23. The van der Waals surface area contributed by atoms with Crippen molar-refractivity contribution in [3.8, 4) is 0 Å². The molecule has 1 N–H and O–H groups in total. The number of hydrogen-bond acceptors (Lipinski definition) is 3. The zero-order chi connectivity index (χ0) is 14.0. The van der Waals surface area contributed by atoms with Crippen molar-refractivity contribution in [3.05, 3.63) is 22.4 Å². The van der Waals surface area contributed by atoms with Crippen molar-refractivity contribution >= 4 is 17.2 Å². The van der Waals surface area contributed by atoms with Crippen LogP contribution >= 0.6 is 11.3 Å². The molecule has 3 aliphatic rings. The molecule has 1 amide bonds. The number of nitrogens with one attached hydrogen (secondary N) is 1. The Balaban J connectivity index is 1.66. The fraction of sp³-hybridized carbons (Fsp3) is 0.688. The first-order valence-corrected chi connectivity index (χ1v) is 8.53. The molecule has 2 saturated carbocycles. The second kappa shape index (κ2) is 4.08. The zero-order valence-electron chi connectivity index (χ0n) is 12.2. The summed E-state index contributed by atoms with van der Waals surface area (Å²) in [5.74, 6) is 0.360. The number of thiophene rings is 1. The fourth-order valence-electron chi connectivity index (χ4n) is 3.91. The summed E-state index contributed by atoms with van der Waals surface area (Å²) >= 11 is 1.76. The maximum atomic E-state index is 12.9. The van der Waals surface area contributed by atoms with Crippen molar-refractivity contribution in [2.75, 3.05) is 0 Å². The predicted octanol–water partition coefficient (Wildman–Crippen LogP) is 3.29. The number of rotatable bonds is 2. The first-order chi connectivity index (χ1) is 9.51. The van der Waals surface area contributed by atoms with Crippen molar-refractivity contribution in [1.82, 2.24) is 10.2 Å². The van der Waals surface area contributed by atoms with Crippen LogP contribution in [0.1, 0.15) is 57.0 Å². The van der Waals surface area contributed by atoms with Gasteiger partial charge in [0.25, 0.3) is 0 Å². The lowest BCUT2D eigenvalue weighted by Crippen LogP contribution is -2.39. The quantitative estimate of drug-likeness (QED) is 0.906. The van der Waals surface area contributed by atoms with Crippen LogP contribution in [-0.2, 0) is 4.79 Å². The van der Waals surface area contributed by atoms with Gasteiger partial charge in [-0.3, -0.25) is 10.1 Å². The van der Waals surface area contributed by atoms with E-state index in [-0.39, 0.29) is 11.7 Å². The number of nitrogens with zero attached hydrogens (tertiary/aromatic N) is 1. The summed E-state index contributed by atoms with van der Waals surface area (Å²) < 4.78 is 0. The van der Waals surface area contributed by atoms with Gasteiger partial charge in [-0.05, 0) is 49.0 Å². The molecule has 3 nitrogen and oxygen atoms in total. The molecule has 20 heavy (non-hydrogen) atoms. The molecule has 0 bridgehead atoms. The minimum absolute atomic E-state index is 0.115. The highest BCUT2D eigenvalue weighted by Crippen LogP contribution is 2.50. The van der Waals surface area contributed by atoms with Crippen LogP contribution in [-0.4, -0.2) is 22.4 Å². The van der Waals surface area contributed by atoms with Crippen molar-refractivity contribution in [3.63, 3.8) is 0 Å². The Morgan fingerprint density at radius 3 is 2.70 bits per heavy atom. The molecule has 1 aromatic heterocycles. The summed E-state index contributed by atoms with van der Waals surface area (Å²) in [5, 5.41) is 5.74. The molecule has 4 rings (SSSR count). The standard InChI is InChI=1S/C16H22N2OS/c1-15(2)6-5-11(10-15)18-13(12-4-3-9-20-12)17-16(7-8-16)14(18)19/h3-4,9,11,13,17H,5-8,10H2,1-2H3. The Bertz CT molecular complexity index is 533. The summed E-state index contributed by atoms with van der Waals surface area (Å²) in [5.41, 5.74) is 0.172. The Hall–Kier alpha value is -0.870. The third-order valence-corrected chi connectivity index (χ3v) is 6.16. The number of carbonyl (C=O) groups is 1. The van der Waals surface area contributed by atoms with Crippen molar-refractivity contribution < 1.29 is 4.79 Å². The fourth-order valence-corrected chi connectivity index (χ4v) is 4.68. The first kappa shape index (κ1) is 12.8. The minimum atomic E-state index is -0.207. The third kappa shape index (κ3) is 1.85. The molecular formula is C16H22N2OS. The molecule has 1 aromatic rings. The van der Waals surface area contributed by atoms with Gasteiger partial charge in [0.1, 0.15) is 11.7 Å². The lowest BCUT2D eigenvalue weighted by Gasteiger charge is -2.30. The van der Waals surface area contributed by atoms with Gasteiger partial charge >= 0.3 is 0 Å². The van der Waals surface area contributed by atoms with Gasteiger partial charge in [-0.2, -0.15) is 0 Å². The molecule has 2 unspecified atom stereocenters. The topological polar surface area (TPSA) is 32.3 Å². The molecule has 2 heterocycles. The predicted molar refractivity (Wildman–Crippen MR) is 80.4 cm³/mol. The highest BCUT2D eigenvalue weighted by atomic mass is 32.1. The summed E-state index contributed by atoms with van der Waals surface area (Å²) in [4.78, 5) is 16.3. The van der Waals surface area contributed by atoms with Gasteiger partial charge < -0.3 is 4.90 Å². The van der Waals surface area contributed by atoms with Gasteiger partial charge in [-0.25, -0.2) is 0 Å². The summed E-state index contributed by atoms with van der Waals surface area (Å²) in [7, 11) is 0. The second-order valence-electron chi connectivity index (χ2n) is 7.42. The molecule has 1 aliphatic heterocycles. The van der Waals surface area contributed by atoms with Crippen LogP contribution < -0.4 is 5.32 Å². The highest BCUT2D eigenvalue weighted by Gasteiger charge is 2.61. The Morgan fingerprint density at radius 2 is 2.15 bits per heavy atom. The van der Waals surface area contributed by atoms with Crippen LogP contribution in [0.3, 0.4) is 0 Å². The molecule has 0 aromatic carbocycles. The Labute approximate surface area is 124 Å². The van der Waals surface area contributed by atoms with Gasteiger partial charge in [0, 0.05) is 10.9 Å². The maximum absolute atomic E-state index is 12.9. The number of amides is 1. The van der Waals surface area contributed by atoms with E-state index < -0.39 is 0 Å². The molecule has 2 aliphatic carbocycles. The Kier molecular flexibility index (Phi) is 2.62. The monoisotopic (exact) mass is 290 g/mol. The van der Waals surface area contributed by atoms with E-state index in [0.29, 0.717) is 17.4 Å². The van der Waals surface area contributed by atoms with E-state index >= 15 is 0 Å². The van der Waals surface area contributed by atoms with E-state index in [4.69, 9.17) is 0 Å². The van der Waals surface area contributed by atoms with Crippen LogP contribution in [0.25, 0.3) is 0 Å². The van der Waals surface area contributed by atoms with E-state index in [0.717, 1.165) is 25.7 Å². The lowest BCUT2D eigenvalue weighted by molar-refractivity contribution is -0.133. The molecule has 0 radical (unpaired) electrons. The largest absolute Gasteiger partial charge is 0.317 e. The summed E-state index contributed by atoms with van der Waals surface area (Å²) in [6.45, 7) is 4.65. The van der Waals surface area contributed by atoms with Gasteiger partial charge in [-0.1, -0.05) is 19.9 Å². The minimum Gasteiger partial charge on any atom is -0.317 e. The van der Waals surface area contributed by atoms with Crippen LogP contribution in [0.5, 0.6) is 0 Å². The molecular weight excluding hydrogens is 268 g/mol. The Morgan fingerprint density at radius 1 is 1.35 bits per heavy atom. The molecule has 2 atom stereocenters. The molecule has 4 heteroatoms. The van der Waals surface area contributed by atoms with Crippen LogP contribution in [0.2, 0.25) is 0 Å². The average Bonchev–Trinajstić information content (AvgIpc) is 2.75. The van der Waals surface area contributed by atoms with Crippen LogP contribution in [0.4, 0.5) is 0 Å². The lowest BCUT2D eigenvalue weighted by atomic mass is 9.91. The number of carbonyl (C=O) groups excluding carboxylic acids is 1. The van der Waals surface area contributed by atoms with E-state index in [1.165, 1.54) is 11.3 Å². The van der Waals surface area contributed by atoms with Crippen LogP contribution in [0.15, 0.2) is 17.5 Å². The van der Waals surface area contributed by atoms with Gasteiger partial charge in [0.2, 0.25) is 5.91 Å². The molecule has 3 fully saturated rings.